The van der Waals surface area contributed by atoms with Gasteiger partial charge in [-0.1, -0.05) is 75.8 Å². The summed E-state index contributed by atoms with van der Waals surface area (Å²) < 4.78 is 4.69. The topological polar surface area (TPSA) is 69.4 Å². The minimum Gasteiger partial charge on any atom is -0.469 e. The van der Waals surface area contributed by atoms with Crippen LogP contribution in [0.3, 0.4) is 0 Å². The summed E-state index contributed by atoms with van der Waals surface area (Å²) >= 11 is 1.54. The van der Waals surface area contributed by atoms with Crippen molar-refractivity contribution >= 4 is 29.2 Å². The Morgan fingerprint density at radius 1 is 1.03 bits per heavy atom. The normalized spacial score (nSPS) is 17.1. The van der Waals surface area contributed by atoms with Crippen LogP contribution >= 0.6 is 11.8 Å². The largest absolute Gasteiger partial charge is 0.469 e. The van der Waals surface area contributed by atoms with Gasteiger partial charge in [0, 0.05) is 28.5 Å². The van der Waals surface area contributed by atoms with Crippen LogP contribution in [-0.2, 0) is 14.3 Å². The number of esters is 1. The first kappa shape index (κ1) is 26.2. The molecule has 1 aliphatic rings. The molecule has 176 valence electrons. The number of nitrogens with two attached hydrogens (primary N) is 1. The van der Waals surface area contributed by atoms with E-state index in [1.807, 2.05) is 24.3 Å². The maximum atomic E-state index is 13.2. The van der Waals surface area contributed by atoms with Gasteiger partial charge in [-0.05, 0) is 49.9 Å². The highest BCUT2D eigenvalue weighted by Crippen LogP contribution is 2.40. The van der Waals surface area contributed by atoms with E-state index in [0.717, 1.165) is 59.6 Å². The van der Waals surface area contributed by atoms with Crippen LogP contribution in [0.1, 0.15) is 84.0 Å². The SMILES string of the molecule is CCCCCCCC[C@@H]1C=C(Sc2ccc(N)cc2)C(=O)/C1=C\CCCCCC(=O)OC. The Labute approximate surface area is 198 Å². The maximum Gasteiger partial charge on any atom is 0.305 e. The second-order valence-electron chi connectivity index (χ2n) is 8.53. The van der Waals surface area contributed by atoms with Crippen LogP contribution in [0.25, 0.3) is 0 Å². The number of rotatable bonds is 15. The molecule has 32 heavy (non-hydrogen) atoms. The number of ketones is 1. The number of Topliss-reactive ketones (excluding diaryl/α,β-unsaturated/α-hetero) is 1. The van der Waals surface area contributed by atoms with Gasteiger partial charge in [0.05, 0.1) is 12.0 Å². The third-order valence-corrected chi connectivity index (χ3v) is 6.94. The highest BCUT2D eigenvalue weighted by Gasteiger charge is 2.29. The Bertz CT molecular complexity index is 783. The fourth-order valence-corrected chi connectivity index (χ4v) is 4.95. The molecule has 0 saturated heterocycles. The molecule has 2 rings (SSSR count). The molecule has 4 nitrogen and oxygen atoms in total. The number of carbonyl (C=O) groups excluding carboxylic acids is 2. The van der Waals surface area contributed by atoms with Crippen LogP contribution in [0, 0.1) is 5.92 Å². The number of allylic oxidation sites excluding steroid dienone is 4. The zero-order valence-electron chi connectivity index (χ0n) is 19.7. The number of hydrogen-bond donors (Lipinski definition) is 1. The number of ether oxygens (including phenoxy) is 1. The Kier molecular flexibility index (Phi) is 12.3. The summed E-state index contributed by atoms with van der Waals surface area (Å²) in [6.07, 6.45) is 17.1. The van der Waals surface area contributed by atoms with Crippen molar-refractivity contribution in [2.75, 3.05) is 12.8 Å². The molecule has 1 aliphatic carbocycles. The Morgan fingerprint density at radius 2 is 1.72 bits per heavy atom. The van der Waals surface area contributed by atoms with E-state index in [1.54, 1.807) is 11.8 Å². The Balaban J connectivity index is 1.93. The highest BCUT2D eigenvalue weighted by molar-refractivity contribution is 8.04. The average molecular weight is 458 g/mol. The zero-order valence-corrected chi connectivity index (χ0v) is 20.6. The van der Waals surface area contributed by atoms with Crippen molar-refractivity contribution in [3.8, 4) is 0 Å². The molecule has 0 amide bonds. The number of nitrogen functional groups attached to an aromatic ring is 1. The molecular formula is C27H39NO3S. The van der Waals surface area contributed by atoms with Crippen molar-refractivity contribution in [3.05, 3.63) is 46.9 Å². The van der Waals surface area contributed by atoms with E-state index in [0.29, 0.717) is 6.42 Å². The lowest BCUT2D eigenvalue weighted by Gasteiger charge is -2.10. The lowest BCUT2D eigenvalue weighted by atomic mass is 9.94. The summed E-state index contributed by atoms with van der Waals surface area (Å²) in [6, 6.07) is 7.70. The van der Waals surface area contributed by atoms with Gasteiger partial charge in [-0.3, -0.25) is 9.59 Å². The Morgan fingerprint density at radius 3 is 2.44 bits per heavy atom. The van der Waals surface area contributed by atoms with Crippen molar-refractivity contribution in [2.45, 2.75) is 88.9 Å². The lowest BCUT2D eigenvalue weighted by Crippen LogP contribution is -2.05. The van der Waals surface area contributed by atoms with Crippen molar-refractivity contribution in [1.29, 1.82) is 0 Å². The second-order valence-corrected chi connectivity index (χ2v) is 9.64. The number of thioether (sulfide) groups is 1. The van der Waals surface area contributed by atoms with Crippen LogP contribution in [0.2, 0.25) is 0 Å². The molecule has 0 fully saturated rings. The van der Waals surface area contributed by atoms with Crippen molar-refractivity contribution in [2.24, 2.45) is 5.92 Å². The van der Waals surface area contributed by atoms with E-state index in [2.05, 4.69) is 23.8 Å². The number of methoxy groups -OCH3 is 1. The van der Waals surface area contributed by atoms with Crippen LogP contribution < -0.4 is 5.73 Å². The van der Waals surface area contributed by atoms with Gasteiger partial charge >= 0.3 is 5.97 Å². The molecular weight excluding hydrogens is 418 g/mol. The molecule has 0 aromatic heterocycles. The molecule has 0 spiro atoms. The molecule has 2 N–H and O–H groups in total. The number of carbonyl (C=O) groups is 2. The number of benzene rings is 1. The fourth-order valence-electron chi connectivity index (χ4n) is 3.98. The first-order valence-electron chi connectivity index (χ1n) is 12.1. The minimum atomic E-state index is -0.151. The smallest absolute Gasteiger partial charge is 0.305 e. The zero-order chi connectivity index (χ0) is 23.2. The van der Waals surface area contributed by atoms with E-state index in [4.69, 9.17) is 5.73 Å². The standard InChI is InChI=1S/C27H39NO3S/c1-3-4-5-6-7-10-13-21-20-25(32-23-18-16-22(28)17-19-23)27(30)24(21)14-11-8-9-12-15-26(29)31-2/h14,16-21H,3-13,15,28H2,1-2H3/b24-14-/t21-/m1/s1. The highest BCUT2D eigenvalue weighted by atomic mass is 32.2. The number of unbranched alkanes of at least 4 members (excludes halogenated alkanes) is 8. The molecule has 0 unspecified atom stereocenters. The van der Waals surface area contributed by atoms with E-state index in [-0.39, 0.29) is 17.7 Å². The van der Waals surface area contributed by atoms with Gasteiger partial charge < -0.3 is 10.5 Å². The van der Waals surface area contributed by atoms with Crippen LogP contribution in [0.5, 0.6) is 0 Å². The maximum absolute atomic E-state index is 13.2. The lowest BCUT2D eigenvalue weighted by molar-refractivity contribution is -0.140. The van der Waals surface area contributed by atoms with Gasteiger partial charge in [0.15, 0.2) is 5.78 Å². The van der Waals surface area contributed by atoms with Crippen LogP contribution in [0.15, 0.2) is 51.8 Å². The summed E-state index contributed by atoms with van der Waals surface area (Å²) in [5.74, 6) is 0.249. The molecule has 5 heteroatoms. The fraction of sp³-hybridized carbons (Fsp3) is 0.556. The summed E-state index contributed by atoms with van der Waals surface area (Å²) in [4.78, 5) is 26.3. The van der Waals surface area contributed by atoms with Gasteiger partial charge in [-0.2, -0.15) is 0 Å². The molecule has 1 aromatic carbocycles. The number of hydrogen-bond acceptors (Lipinski definition) is 5. The molecule has 0 bridgehead atoms. The summed E-state index contributed by atoms with van der Waals surface area (Å²) in [6.45, 7) is 2.24. The van der Waals surface area contributed by atoms with E-state index >= 15 is 0 Å². The molecule has 1 atom stereocenters. The molecule has 0 radical (unpaired) electrons. The van der Waals surface area contributed by atoms with Gasteiger partial charge in [0.25, 0.3) is 0 Å². The average Bonchev–Trinajstić information content (AvgIpc) is 3.08. The van der Waals surface area contributed by atoms with Crippen molar-refractivity contribution in [1.82, 2.24) is 0 Å². The predicted octanol–water partition coefficient (Wildman–Crippen LogP) is 7.24. The van der Waals surface area contributed by atoms with E-state index in [1.165, 1.54) is 39.2 Å². The predicted molar refractivity (Wildman–Crippen MR) is 134 cm³/mol. The van der Waals surface area contributed by atoms with Crippen LogP contribution in [0.4, 0.5) is 5.69 Å². The van der Waals surface area contributed by atoms with Crippen molar-refractivity contribution < 1.29 is 14.3 Å². The molecule has 0 saturated carbocycles. The third-order valence-electron chi connectivity index (χ3n) is 5.89. The first-order chi connectivity index (χ1) is 15.5. The molecule has 0 aliphatic heterocycles. The quantitative estimate of drug-likeness (QED) is 0.130. The van der Waals surface area contributed by atoms with Gasteiger partial charge in [0.1, 0.15) is 0 Å². The van der Waals surface area contributed by atoms with Gasteiger partial charge in [-0.15, -0.1) is 0 Å². The monoisotopic (exact) mass is 457 g/mol. The van der Waals surface area contributed by atoms with Crippen molar-refractivity contribution in [3.63, 3.8) is 0 Å². The van der Waals surface area contributed by atoms with Gasteiger partial charge in [0.2, 0.25) is 0 Å². The second kappa shape index (κ2) is 14.9. The van der Waals surface area contributed by atoms with Gasteiger partial charge in [-0.25, -0.2) is 0 Å². The summed E-state index contributed by atoms with van der Waals surface area (Å²) in [5, 5.41) is 0. The minimum absolute atomic E-state index is 0.151. The Hall–Kier alpha value is -2.01. The van der Waals surface area contributed by atoms with E-state index < -0.39 is 0 Å². The summed E-state index contributed by atoms with van der Waals surface area (Å²) in [7, 11) is 1.43. The molecule has 0 heterocycles. The summed E-state index contributed by atoms with van der Waals surface area (Å²) in [5.41, 5.74) is 7.49. The van der Waals surface area contributed by atoms with Crippen LogP contribution in [-0.4, -0.2) is 18.9 Å². The first-order valence-corrected chi connectivity index (χ1v) is 12.9. The third kappa shape index (κ3) is 9.23. The molecule has 1 aromatic rings. The number of anilines is 1. The van der Waals surface area contributed by atoms with E-state index in [9.17, 15) is 9.59 Å².